The quantitative estimate of drug-likeness (QED) is 0.410. The monoisotopic (exact) mass is 409 g/mol. The van der Waals surface area contributed by atoms with Gasteiger partial charge in [0.1, 0.15) is 11.5 Å². The molecule has 1 aliphatic heterocycles. The molecule has 0 bridgehead atoms. The molecule has 0 radical (unpaired) electrons. The number of carbonyl (C=O) groups is 2. The van der Waals surface area contributed by atoms with E-state index in [2.05, 4.69) is 4.98 Å². The summed E-state index contributed by atoms with van der Waals surface area (Å²) in [5, 5.41) is 11.0. The Labute approximate surface area is 176 Å². The molecule has 158 valence electrons. The first kappa shape index (κ1) is 21.5. The maximum absolute atomic E-state index is 12.9. The predicted molar refractivity (Wildman–Crippen MR) is 114 cm³/mol. The van der Waals surface area contributed by atoms with Crippen LogP contribution in [0, 0.1) is 0 Å². The number of likely N-dealkylation sites (N-methyl/N-ethyl adjacent to an activating group) is 1. The number of pyridine rings is 1. The van der Waals surface area contributed by atoms with E-state index in [1.54, 1.807) is 12.1 Å². The first-order valence-corrected chi connectivity index (χ1v) is 10.00. The summed E-state index contributed by atoms with van der Waals surface area (Å²) in [6.45, 7) is 3.54. The number of rotatable bonds is 8. The van der Waals surface area contributed by atoms with Crippen LogP contribution in [0.2, 0.25) is 0 Å². The van der Waals surface area contributed by atoms with E-state index in [9.17, 15) is 14.7 Å². The van der Waals surface area contributed by atoms with Gasteiger partial charge < -0.3 is 19.6 Å². The average molecular weight is 409 g/mol. The van der Waals surface area contributed by atoms with Crippen molar-refractivity contribution >= 4 is 17.4 Å². The van der Waals surface area contributed by atoms with Crippen molar-refractivity contribution in [3.05, 3.63) is 65.5 Å². The van der Waals surface area contributed by atoms with Gasteiger partial charge in [0.15, 0.2) is 0 Å². The van der Waals surface area contributed by atoms with Crippen LogP contribution in [0.25, 0.3) is 5.76 Å². The van der Waals surface area contributed by atoms with Crippen molar-refractivity contribution in [1.29, 1.82) is 0 Å². The van der Waals surface area contributed by atoms with Crippen LogP contribution in [0.1, 0.15) is 30.5 Å². The Hall–Kier alpha value is -3.19. The number of nitrogens with zero attached hydrogens (tertiary/aromatic N) is 3. The van der Waals surface area contributed by atoms with Gasteiger partial charge in [-0.3, -0.25) is 14.6 Å². The van der Waals surface area contributed by atoms with Crippen LogP contribution in [-0.2, 0) is 9.59 Å². The first-order valence-electron chi connectivity index (χ1n) is 10.00. The van der Waals surface area contributed by atoms with Crippen LogP contribution < -0.4 is 4.74 Å². The molecule has 2 aromatic rings. The Morgan fingerprint density at radius 3 is 2.60 bits per heavy atom. The largest absolute Gasteiger partial charge is 0.507 e. The van der Waals surface area contributed by atoms with Crippen LogP contribution in [-0.4, -0.2) is 65.4 Å². The van der Waals surface area contributed by atoms with Crippen LogP contribution in [0.3, 0.4) is 0 Å². The van der Waals surface area contributed by atoms with E-state index in [-0.39, 0.29) is 11.3 Å². The molecule has 7 nitrogen and oxygen atoms in total. The van der Waals surface area contributed by atoms with Crippen molar-refractivity contribution in [2.45, 2.75) is 19.4 Å². The fraction of sp³-hybridized carbons (Fsp3) is 0.348. The zero-order chi connectivity index (χ0) is 21.7. The summed E-state index contributed by atoms with van der Waals surface area (Å²) < 4.78 is 5.74. The molecular weight excluding hydrogens is 382 g/mol. The van der Waals surface area contributed by atoms with Crippen LogP contribution in [0.15, 0.2) is 54.4 Å². The Morgan fingerprint density at radius 1 is 1.20 bits per heavy atom. The smallest absolute Gasteiger partial charge is 0.295 e. The lowest BCUT2D eigenvalue weighted by Gasteiger charge is -2.26. The van der Waals surface area contributed by atoms with Gasteiger partial charge in [0, 0.05) is 31.0 Å². The fourth-order valence-corrected chi connectivity index (χ4v) is 3.42. The van der Waals surface area contributed by atoms with Gasteiger partial charge in [-0.15, -0.1) is 0 Å². The zero-order valence-corrected chi connectivity index (χ0v) is 17.5. The Kier molecular flexibility index (Phi) is 6.84. The van der Waals surface area contributed by atoms with E-state index in [0.29, 0.717) is 31.0 Å². The van der Waals surface area contributed by atoms with Gasteiger partial charge in [-0.25, -0.2) is 0 Å². The molecule has 30 heavy (non-hydrogen) atoms. The van der Waals surface area contributed by atoms with Gasteiger partial charge in [0.25, 0.3) is 11.7 Å². The van der Waals surface area contributed by atoms with Crippen LogP contribution in [0.4, 0.5) is 0 Å². The molecule has 1 aromatic heterocycles. The molecule has 1 aliphatic rings. The third-order valence-corrected chi connectivity index (χ3v) is 4.93. The summed E-state index contributed by atoms with van der Waals surface area (Å²) in [6.07, 6.45) is 3.93. The second-order valence-corrected chi connectivity index (χ2v) is 7.45. The molecule has 0 spiro atoms. The molecule has 1 unspecified atom stereocenters. The number of ether oxygens (including phenoxy) is 1. The topological polar surface area (TPSA) is 83.0 Å². The molecule has 7 heteroatoms. The number of likely N-dealkylation sites (tertiary alicyclic amines) is 1. The Bertz CT molecular complexity index is 940. The first-order chi connectivity index (χ1) is 14.4. The van der Waals surface area contributed by atoms with Crippen molar-refractivity contribution in [3.8, 4) is 5.75 Å². The maximum Gasteiger partial charge on any atom is 0.295 e. The number of hydrogen-bond donors (Lipinski definition) is 1. The second kappa shape index (κ2) is 9.54. The minimum absolute atomic E-state index is 0.0811. The van der Waals surface area contributed by atoms with Crippen LogP contribution >= 0.6 is 0 Å². The van der Waals surface area contributed by atoms with Gasteiger partial charge in [-0.1, -0.05) is 19.1 Å². The van der Waals surface area contributed by atoms with E-state index >= 15 is 0 Å². The Balaban J connectivity index is 2.10. The van der Waals surface area contributed by atoms with Gasteiger partial charge in [-0.05, 0) is 50.3 Å². The molecule has 0 aliphatic carbocycles. The number of benzene rings is 1. The SMILES string of the molecule is CCCOc1cccc(C2/C(=C(\O)c3ccncc3)C(=O)C(=O)N2CCN(C)C)c1. The molecule has 1 aromatic carbocycles. The lowest BCUT2D eigenvalue weighted by molar-refractivity contribution is -0.140. The summed E-state index contributed by atoms with van der Waals surface area (Å²) in [6, 6.07) is 9.88. The average Bonchev–Trinajstić information content (AvgIpc) is 3.01. The highest BCUT2D eigenvalue weighted by Crippen LogP contribution is 2.40. The zero-order valence-electron chi connectivity index (χ0n) is 17.5. The van der Waals surface area contributed by atoms with Crippen molar-refractivity contribution in [1.82, 2.24) is 14.8 Å². The van der Waals surface area contributed by atoms with Gasteiger partial charge in [0.2, 0.25) is 0 Å². The highest BCUT2D eigenvalue weighted by atomic mass is 16.5. The van der Waals surface area contributed by atoms with E-state index in [0.717, 1.165) is 12.0 Å². The van der Waals surface area contributed by atoms with Crippen LogP contribution in [0.5, 0.6) is 5.75 Å². The Morgan fingerprint density at radius 2 is 1.93 bits per heavy atom. The standard InChI is InChI=1S/C23H27N3O4/c1-4-14-30-18-7-5-6-17(15-18)20-19(21(27)16-8-10-24-11-9-16)22(28)23(29)26(20)13-12-25(2)3/h5-11,15,20,27H,4,12-14H2,1-3H3/b21-19+. The van der Waals surface area contributed by atoms with E-state index in [1.165, 1.54) is 17.3 Å². The third kappa shape index (κ3) is 4.52. The number of hydrogen-bond acceptors (Lipinski definition) is 6. The summed E-state index contributed by atoms with van der Waals surface area (Å²) >= 11 is 0. The number of ketones is 1. The number of aromatic nitrogens is 1. The molecule has 1 amide bonds. The number of carbonyl (C=O) groups excluding carboxylic acids is 2. The summed E-state index contributed by atoms with van der Waals surface area (Å²) in [5.74, 6) is -0.838. The summed E-state index contributed by atoms with van der Waals surface area (Å²) in [4.78, 5) is 33.2. The van der Waals surface area contributed by atoms with Crippen molar-refractivity contribution in [3.63, 3.8) is 0 Å². The molecule has 1 saturated heterocycles. The summed E-state index contributed by atoms with van der Waals surface area (Å²) in [5.41, 5.74) is 1.24. The van der Waals surface area contributed by atoms with Crippen molar-refractivity contribution in [2.24, 2.45) is 0 Å². The lowest BCUT2D eigenvalue weighted by atomic mass is 9.95. The number of Topliss-reactive ketones (excluding diaryl/α,β-unsaturated/α-hetero) is 1. The number of aliphatic hydroxyl groups excluding tert-OH is 1. The summed E-state index contributed by atoms with van der Waals surface area (Å²) in [7, 11) is 3.81. The molecule has 1 atom stereocenters. The lowest BCUT2D eigenvalue weighted by Crippen LogP contribution is -2.35. The van der Waals surface area contributed by atoms with E-state index in [1.807, 2.05) is 50.2 Å². The normalized spacial score (nSPS) is 18.3. The molecule has 3 rings (SSSR count). The molecule has 0 saturated carbocycles. The minimum Gasteiger partial charge on any atom is -0.507 e. The van der Waals surface area contributed by atoms with Gasteiger partial charge in [-0.2, -0.15) is 0 Å². The molecule has 1 fully saturated rings. The third-order valence-electron chi connectivity index (χ3n) is 4.93. The molecule has 2 heterocycles. The molecule has 1 N–H and O–H groups in total. The maximum atomic E-state index is 12.9. The van der Waals surface area contributed by atoms with Gasteiger partial charge in [0.05, 0.1) is 18.2 Å². The fourth-order valence-electron chi connectivity index (χ4n) is 3.42. The van der Waals surface area contributed by atoms with Crippen molar-refractivity contribution in [2.75, 3.05) is 33.8 Å². The van der Waals surface area contributed by atoms with E-state index < -0.39 is 17.7 Å². The van der Waals surface area contributed by atoms with Gasteiger partial charge >= 0.3 is 0 Å². The highest BCUT2D eigenvalue weighted by molar-refractivity contribution is 6.46. The molecular formula is C23H27N3O4. The van der Waals surface area contributed by atoms with Crippen molar-refractivity contribution < 1.29 is 19.4 Å². The number of aliphatic hydroxyl groups is 1. The minimum atomic E-state index is -0.691. The highest BCUT2D eigenvalue weighted by Gasteiger charge is 2.46. The van der Waals surface area contributed by atoms with E-state index in [4.69, 9.17) is 4.74 Å². The second-order valence-electron chi connectivity index (χ2n) is 7.45. The predicted octanol–water partition coefficient (Wildman–Crippen LogP) is 2.85. The number of amides is 1.